The summed E-state index contributed by atoms with van der Waals surface area (Å²) in [5, 5.41) is 26.7. The lowest BCUT2D eigenvalue weighted by Gasteiger charge is -2.51. The molecule has 3 N–H and O–H groups in total. The van der Waals surface area contributed by atoms with Crippen LogP contribution in [0.5, 0.6) is 0 Å². The summed E-state index contributed by atoms with van der Waals surface area (Å²) in [5.74, 6) is -2.17. The monoisotopic (exact) mass is 719 g/mol. The number of carbonyl (C=O) groups excluding carboxylic acids is 2. The average Bonchev–Trinajstić information content (AvgIpc) is 3.45. The lowest BCUT2D eigenvalue weighted by Crippen LogP contribution is -2.59. The number of allylic oxidation sites excluding steroid dienone is 2. The Labute approximate surface area is 308 Å². The smallest absolute Gasteiger partial charge is 0.412 e. The van der Waals surface area contributed by atoms with Gasteiger partial charge in [0.1, 0.15) is 23.7 Å². The number of aliphatic hydroxyl groups is 2. The molecule has 0 unspecified atom stereocenters. The summed E-state index contributed by atoms with van der Waals surface area (Å²) < 4.78 is 32.2. The molecule has 4 heterocycles. The van der Waals surface area contributed by atoms with Crippen LogP contribution in [0.1, 0.15) is 85.6 Å². The minimum Gasteiger partial charge on any atom is -0.462 e. The van der Waals surface area contributed by atoms with E-state index in [0.717, 1.165) is 24.0 Å². The molecule has 12 atom stereocenters. The Morgan fingerprint density at radius 1 is 1.10 bits per heavy atom. The minimum absolute atomic E-state index is 0.00678. The molecule has 2 bridgehead atoms. The van der Waals surface area contributed by atoms with E-state index in [4.69, 9.17) is 23.7 Å². The van der Waals surface area contributed by atoms with E-state index < -0.39 is 53.8 Å². The van der Waals surface area contributed by atoms with E-state index in [1.807, 2.05) is 45.1 Å². The zero-order chi connectivity index (χ0) is 37.4. The molecular weight excluding hydrogens is 662 g/mol. The number of aryl methyl sites for hydroxylation is 1. The van der Waals surface area contributed by atoms with Gasteiger partial charge >= 0.3 is 12.1 Å². The number of fused-ring (bicyclic) bond motifs is 2. The van der Waals surface area contributed by atoms with Gasteiger partial charge in [0.2, 0.25) is 0 Å². The van der Waals surface area contributed by atoms with Crippen molar-refractivity contribution >= 4 is 17.7 Å². The molecule has 1 aliphatic carbocycles. The minimum atomic E-state index is -1.87. The first-order valence-electron chi connectivity index (χ1n) is 19.1. The Bertz CT molecular complexity index is 1590. The molecule has 1 aromatic rings. The molecule has 0 radical (unpaired) electrons. The van der Waals surface area contributed by atoms with Gasteiger partial charge in [0.15, 0.2) is 11.9 Å². The van der Waals surface area contributed by atoms with Crippen LogP contribution in [0.4, 0.5) is 10.5 Å². The molecule has 5 aliphatic rings. The van der Waals surface area contributed by atoms with Crippen LogP contribution in [0.15, 0.2) is 71.4 Å². The summed E-state index contributed by atoms with van der Waals surface area (Å²) in [7, 11) is 0. The van der Waals surface area contributed by atoms with Gasteiger partial charge in [-0.2, -0.15) is 0 Å². The summed E-state index contributed by atoms with van der Waals surface area (Å²) in [6.45, 7) is 14.2. The van der Waals surface area contributed by atoms with Crippen molar-refractivity contribution in [2.75, 3.05) is 11.9 Å². The Morgan fingerprint density at radius 3 is 2.58 bits per heavy atom. The van der Waals surface area contributed by atoms with Crippen molar-refractivity contribution in [3.63, 3.8) is 0 Å². The van der Waals surface area contributed by atoms with E-state index in [2.05, 4.69) is 26.1 Å². The van der Waals surface area contributed by atoms with E-state index in [0.29, 0.717) is 54.4 Å². The molecule has 3 saturated heterocycles. The second-order valence-electron chi connectivity index (χ2n) is 16.0. The third-order valence-corrected chi connectivity index (χ3v) is 12.0. The summed E-state index contributed by atoms with van der Waals surface area (Å²) in [5.41, 5.74) is 1.60. The van der Waals surface area contributed by atoms with E-state index >= 15 is 0 Å². The van der Waals surface area contributed by atoms with Crippen molar-refractivity contribution in [2.45, 2.75) is 135 Å². The van der Waals surface area contributed by atoms with Crippen LogP contribution in [0.3, 0.4) is 0 Å². The molecule has 1 amide bonds. The van der Waals surface area contributed by atoms with Crippen molar-refractivity contribution < 1.29 is 43.5 Å². The standard InChI is InChI=1S/C42H57NO9/c1-8-25(3)36-28(6)18-19-41(52-36)22-33-21-32(51-41)17-14-27(5)35(44)26(4)10-9-11-30-23-48-38-37(29(7)20-34(39(45)49-33)42(30,38)47)50-40(46)43-31-15-12-24(2)13-16-31/h9-16,20,25-26,28,32-38,44,47H,8,17-19,21-23H2,1-7H3,(H,43,46)/b10-9-,27-14-,30-11?/t25-,26-,28-,32+,33-,34-,35-,36+,37+,38+,41+,42+/m0/s1. The highest BCUT2D eigenvalue weighted by Crippen LogP contribution is 2.48. The molecule has 10 heteroatoms. The lowest BCUT2D eigenvalue weighted by molar-refractivity contribution is -0.340. The van der Waals surface area contributed by atoms with Crippen LogP contribution in [-0.4, -0.2) is 76.9 Å². The molecule has 52 heavy (non-hydrogen) atoms. The number of ether oxygens (including phenoxy) is 5. The van der Waals surface area contributed by atoms with Crippen LogP contribution in [0.25, 0.3) is 0 Å². The maximum atomic E-state index is 14.4. The number of aliphatic hydroxyl groups excluding tert-OH is 1. The summed E-state index contributed by atoms with van der Waals surface area (Å²) in [6.07, 6.45) is 8.65. The number of carbonyl (C=O) groups is 2. The molecule has 6 rings (SSSR count). The topological polar surface area (TPSA) is 133 Å². The van der Waals surface area contributed by atoms with Gasteiger partial charge in [-0.25, -0.2) is 4.79 Å². The maximum absolute atomic E-state index is 14.4. The predicted molar refractivity (Wildman–Crippen MR) is 197 cm³/mol. The van der Waals surface area contributed by atoms with Crippen LogP contribution < -0.4 is 5.32 Å². The highest BCUT2D eigenvalue weighted by atomic mass is 16.7. The van der Waals surface area contributed by atoms with E-state index in [1.165, 1.54) is 0 Å². The Balaban J connectivity index is 1.34. The number of benzene rings is 1. The number of amides is 1. The van der Waals surface area contributed by atoms with Crippen LogP contribution >= 0.6 is 0 Å². The largest absolute Gasteiger partial charge is 0.462 e. The van der Waals surface area contributed by atoms with Gasteiger partial charge in [-0.05, 0) is 74.3 Å². The molecule has 1 spiro atoms. The second kappa shape index (κ2) is 15.6. The quantitative estimate of drug-likeness (QED) is 0.220. The molecule has 3 fully saturated rings. The normalized spacial score (nSPS) is 40.3. The second-order valence-corrected chi connectivity index (χ2v) is 16.0. The fourth-order valence-electron chi connectivity index (χ4n) is 8.59. The first-order valence-corrected chi connectivity index (χ1v) is 19.1. The molecular formula is C42H57NO9. The average molecular weight is 720 g/mol. The van der Waals surface area contributed by atoms with Gasteiger partial charge in [0, 0.05) is 30.9 Å². The Morgan fingerprint density at radius 2 is 1.85 bits per heavy atom. The number of nitrogens with one attached hydrogen (secondary N) is 1. The summed E-state index contributed by atoms with van der Waals surface area (Å²) in [6, 6.07) is 7.33. The molecule has 10 nitrogen and oxygen atoms in total. The van der Waals surface area contributed by atoms with Crippen LogP contribution in [0, 0.1) is 30.6 Å². The van der Waals surface area contributed by atoms with Crippen molar-refractivity contribution in [3.8, 4) is 0 Å². The van der Waals surface area contributed by atoms with Gasteiger partial charge in [0.05, 0.1) is 24.9 Å². The first kappa shape index (κ1) is 38.4. The summed E-state index contributed by atoms with van der Waals surface area (Å²) in [4.78, 5) is 27.6. The number of hydrogen-bond acceptors (Lipinski definition) is 9. The fourth-order valence-corrected chi connectivity index (χ4v) is 8.59. The van der Waals surface area contributed by atoms with Gasteiger partial charge in [0.25, 0.3) is 0 Å². The van der Waals surface area contributed by atoms with Crippen LogP contribution in [-0.2, 0) is 28.5 Å². The predicted octanol–water partition coefficient (Wildman–Crippen LogP) is 7.10. The third-order valence-electron chi connectivity index (χ3n) is 12.0. The van der Waals surface area contributed by atoms with E-state index in [9.17, 15) is 19.8 Å². The van der Waals surface area contributed by atoms with Crippen molar-refractivity contribution in [1.82, 2.24) is 0 Å². The highest BCUT2D eigenvalue weighted by Gasteiger charge is 2.61. The third kappa shape index (κ3) is 7.82. The number of anilines is 1. The van der Waals surface area contributed by atoms with E-state index in [1.54, 1.807) is 37.3 Å². The molecule has 4 aliphatic heterocycles. The van der Waals surface area contributed by atoms with Crippen molar-refractivity contribution in [1.29, 1.82) is 0 Å². The van der Waals surface area contributed by atoms with Crippen molar-refractivity contribution in [2.24, 2.45) is 23.7 Å². The fraction of sp³-hybridized carbons (Fsp3) is 0.619. The maximum Gasteiger partial charge on any atom is 0.412 e. The highest BCUT2D eigenvalue weighted by molar-refractivity contribution is 5.85. The van der Waals surface area contributed by atoms with Gasteiger partial charge in [-0.1, -0.05) is 82.2 Å². The number of rotatable bonds is 4. The van der Waals surface area contributed by atoms with Gasteiger partial charge in [-0.3, -0.25) is 10.1 Å². The summed E-state index contributed by atoms with van der Waals surface area (Å²) >= 11 is 0. The van der Waals surface area contributed by atoms with Gasteiger partial charge in [-0.15, -0.1) is 0 Å². The molecule has 0 saturated carbocycles. The number of hydrogen-bond donors (Lipinski definition) is 3. The van der Waals surface area contributed by atoms with Crippen LogP contribution in [0.2, 0.25) is 0 Å². The molecule has 1 aromatic carbocycles. The molecule has 284 valence electrons. The zero-order valence-electron chi connectivity index (χ0n) is 31.7. The zero-order valence-corrected chi connectivity index (χ0v) is 31.7. The Hall–Kier alpha value is -3.28. The number of esters is 1. The first-order chi connectivity index (χ1) is 24.7. The van der Waals surface area contributed by atoms with Gasteiger partial charge < -0.3 is 33.9 Å². The molecule has 0 aromatic heterocycles. The van der Waals surface area contributed by atoms with Crippen molar-refractivity contribution in [3.05, 3.63) is 76.9 Å². The van der Waals surface area contributed by atoms with E-state index in [-0.39, 0.29) is 24.7 Å². The SMILES string of the molecule is CC[C@H](C)[C@H]1O[C@]2(CC[C@@H]1C)C[C@@H]1C[C@@H](C/C=C(/C)[C@@H](O)[C@@H](C)/C=C\C=C3CO[C@@H]4[C@H](OC(=O)Nc5ccc(C)cc5)C(C)=C[C@@H](C(=O)O1)[C@]34O)O2. The lowest BCUT2D eigenvalue weighted by atomic mass is 9.70. The Kier molecular flexibility index (Phi) is 11.5.